The number of hydrogen-bond acceptors (Lipinski definition) is 2. The molecular formula is C27H23NO. The van der Waals surface area contributed by atoms with E-state index in [0.717, 1.165) is 39.0 Å². The molecule has 2 heteroatoms. The number of hydrogen-bond donors (Lipinski definition) is 0. The molecule has 0 radical (unpaired) electrons. The lowest BCUT2D eigenvalue weighted by Gasteiger charge is -2.26. The van der Waals surface area contributed by atoms with E-state index in [1.165, 1.54) is 5.56 Å². The van der Waals surface area contributed by atoms with Gasteiger partial charge in [-0.2, -0.15) is 0 Å². The first-order chi connectivity index (χ1) is 14.2. The molecular weight excluding hydrogens is 354 g/mol. The maximum absolute atomic E-state index is 6.15. The lowest BCUT2D eigenvalue weighted by atomic mass is 10.0. The molecule has 0 aliphatic rings. The molecule has 0 atom stereocenters. The van der Waals surface area contributed by atoms with Gasteiger partial charge in [0.25, 0.3) is 0 Å². The Morgan fingerprint density at radius 1 is 0.586 bits per heavy atom. The first-order valence-corrected chi connectivity index (χ1v) is 10.1. The van der Waals surface area contributed by atoms with Gasteiger partial charge in [-0.15, -0.1) is 0 Å². The van der Waals surface area contributed by atoms with Crippen molar-refractivity contribution in [1.82, 2.24) is 0 Å². The van der Waals surface area contributed by atoms with Gasteiger partial charge >= 0.3 is 0 Å². The molecule has 0 unspecified atom stereocenters. The van der Waals surface area contributed by atoms with Crippen molar-refractivity contribution < 1.29 is 4.42 Å². The predicted octanol–water partition coefficient (Wildman–Crippen LogP) is 8.18. The molecule has 0 bridgehead atoms. The molecule has 0 fully saturated rings. The minimum atomic E-state index is 0.477. The molecule has 29 heavy (non-hydrogen) atoms. The summed E-state index contributed by atoms with van der Waals surface area (Å²) >= 11 is 0. The van der Waals surface area contributed by atoms with Crippen molar-refractivity contribution in [2.24, 2.45) is 0 Å². The van der Waals surface area contributed by atoms with Crippen LogP contribution in [0.3, 0.4) is 0 Å². The summed E-state index contributed by atoms with van der Waals surface area (Å²) in [6.45, 7) is 4.46. The summed E-state index contributed by atoms with van der Waals surface area (Å²) in [6.07, 6.45) is 0. The third kappa shape index (κ3) is 3.17. The number of furan rings is 1. The van der Waals surface area contributed by atoms with Gasteiger partial charge in [0.2, 0.25) is 0 Å². The van der Waals surface area contributed by atoms with Crippen LogP contribution in [0.1, 0.15) is 25.3 Å². The molecule has 2 nitrogen and oxygen atoms in total. The molecule has 0 saturated heterocycles. The monoisotopic (exact) mass is 377 g/mol. The first-order valence-electron chi connectivity index (χ1n) is 10.1. The van der Waals surface area contributed by atoms with Crippen molar-refractivity contribution >= 4 is 39.0 Å². The third-order valence-electron chi connectivity index (χ3n) is 5.43. The van der Waals surface area contributed by atoms with E-state index in [-0.39, 0.29) is 0 Å². The number of rotatable bonds is 4. The van der Waals surface area contributed by atoms with E-state index >= 15 is 0 Å². The lowest BCUT2D eigenvalue weighted by Crippen LogP contribution is -2.10. The van der Waals surface area contributed by atoms with E-state index in [9.17, 15) is 0 Å². The van der Waals surface area contributed by atoms with Crippen molar-refractivity contribution in [2.75, 3.05) is 4.90 Å². The number of anilines is 3. The van der Waals surface area contributed by atoms with E-state index in [1.807, 2.05) is 12.1 Å². The fourth-order valence-electron chi connectivity index (χ4n) is 3.90. The smallest absolute Gasteiger partial charge is 0.137 e. The Bertz CT molecular complexity index is 1280. The molecule has 0 aliphatic heterocycles. The molecule has 0 spiro atoms. The minimum Gasteiger partial charge on any atom is -0.456 e. The standard InChI is InChI=1S/C27H23NO/c1-19(2)20-9-8-12-22(17-20)28(21-10-4-3-5-11-21)23-15-16-25-24-13-6-7-14-26(24)29-27(25)18-23/h3-19H,1-2H3. The fraction of sp³-hybridized carbons (Fsp3) is 0.111. The Morgan fingerprint density at radius 2 is 1.28 bits per heavy atom. The van der Waals surface area contributed by atoms with Gasteiger partial charge in [-0.3, -0.25) is 0 Å². The predicted molar refractivity (Wildman–Crippen MR) is 122 cm³/mol. The van der Waals surface area contributed by atoms with Gasteiger partial charge in [-0.05, 0) is 53.9 Å². The SMILES string of the molecule is CC(C)c1cccc(N(c2ccccc2)c2ccc3c(c2)oc2ccccc23)c1. The van der Waals surface area contributed by atoms with Crippen LogP contribution >= 0.6 is 0 Å². The summed E-state index contributed by atoms with van der Waals surface area (Å²) < 4.78 is 6.15. The number of benzene rings is 4. The van der Waals surface area contributed by atoms with Crippen LogP contribution in [0.15, 0.2) is 101 Å². The van der Waals surface area contributed by atoms with E-state index in [1.54, 1.807) is 0 Å². The zero-order valence-corrected chi connectivity index (χ0v) is 16.7. The highest BCUT2D eigenvalue weighted by Crippen LogP contribution is 2.38. The Morgan fingerprint density at radius 3 is 2.10 bits per heavy atom. The highest BCUT2D eigenvalue weighted by atomic mass is 16.3. The number of para-hydroxylation sites is 2. The summed E-state index contributed by atoms with van der Waals surface area (Å²) in [6, 6.07) is 34.0. The van der Waals surface area contributed by atoms with Crippen LogP contribution in [0.25, 0.3) is 21.9 Å². The van der Waals surface area contributed by atoms with Crippen molar-refractivity contribution in [2.45, 2.75) is 19.8 Å². The minimum absolute atomic E-state index is 0.477. The lowest BCUT2D eigenvalue weighted by molar-refractivity contribution is 0.669. The van der Waals surface area contributed by atoms with Crippen LogP contribution in [0.4, 0.5) is 17.1 Å². The average Bonchev–Trinajstić information content (AvgIpc) is 3.13. The van der Waals surface area contributed by atoms with Gasteiger partial charge in [0, 0.05) is 33.9 Å². The van der Waals surface area contributed by atoms with Crippen molar-refractivity contribution in [3.05, 3.63) is 103 Å². The van der Waals surface area contributed by atoms with Crippen molar-refractivity contribution in [3.8, 4) is 0 Å². The van der Waals surface area contributed by atoms with Crippen LogP contribution in [0, 0.1) is 0 Å². The quantitative estimate of drug-likeness (QED) is 0.314. The topological polar surface area (TPSA) is 16.4 Å². The van der Waals surface area contributed by atoms with Crippen LogP contribution in [-0.2, 0) is 0 Å². The van der Waals surface area contributed by atoms with Gasteiger partial charge in [0.05, 0.1) is 0 Å². The Labute approximate surface area is 171 Å². The zero-order valence-electron chi connectivity index (χ0n) is 16.7. The summed E-state index contributed by atoms with van der Waals surface area (Å²) in [5.41, 5.74) is 6.52. The molecule has 0 amide bonds. The second-order valence-electron chi connectivity index (χ2n) is 7.70. The molecule has 4 aromatic carbocycles. The second kappa shape index (κ2) is 7.14. The molecule has 1 aromatic heterocycles. The van der Waals surface area contributed by atoms with Crippen molar-refractivity contribution in [1.29, 1.82) is 0 Å². The highest BCUT2D eigenvalue weighted by molar-refractivity contribution is 6.06. The van der Waals surface area contributed by atoms with Gasteiger partial charge in [0.1, 0.15) is 11.2 Å². The molecule has 1 heterocycles. The van der Waals surface area contributed by atoms with E-state index in [2.05, 4.69) is 104 Å². The maximum Gasteiger partial charge on any atom is 0.137 e. The van der Waals surface area contributed by atoms with Crippen LogP contribution in [0.5, 0.6) is 0 Å². The average molecular weight is 377 g/mol. The summed E-state index contributed by atoms with van der Waals surface area (Å²) in [7, 11) is 0. The Kier molecular flexibility index (Phi) is 4.33. The Balaban J connectivity index is 1.70. The van der Waals surface area contributed by atoms with Gasteiger partial charge in [0.15, 0.2) is 0 Å². The van der Waals surface area contributed by atoms with E-state index < -0.39 is 0 Å². The molecule has 0 N–H and O–H groups in total. The number of nitrogens with zero attached hydrogens (tertiary/aromatic N) is 1. The Hall–Kier alpha value is -3.52. The first kappa shape index (κ1) is 17.6. The van der Waals surface area contributed by atoms with Crippen LogP contribution in [0.2, 0.25) is 0 Å². The molecule has 142 valence electrons. The molecule has 0 aliphatic carbocycles. The summed E-state index contributed by atoms with van der Waals surface area (Å²) in [5, 5.41) is 2.30. The fourth-order valence-corrected chi connectivity index (χ4v) is 3.90. The largest absolute Gasteiger partial charge is 0.456 e. The zero-order chi connectivity index (χ0) is 19.8. The van der Waals surface area contributed by atoms with Gasteiger partial charge < -0.3 is 9.32 Å². The van der Waals surface area contributed by atoms with Gasteiger partial charge in [-0.1, -0.05) is 62.4 Å². The third-order valence-corrected chi connectivity index (χ3v) is 5.43. The maximum atomic E-state index is 6.15. The van der Waals surface area contributed by atoms with Gasteiger partial charge in [-0.25, -0.2) is 0 Å². The summed E-state index contributed by atoms with van der Waals surface area (Å²) in [5.74, 6) is 0.477. The van der Waals surface area contributed by atoms with Crippen LogP contribution < -0.4 is 4.90 Å². The van der Waals surface area contributed by atoms with E-state index in [0.29, 0.717) is 5.92 Å². The van der Waals surface area contributed by atoms with E-state index in [4.69, 9.17) is 4.42 Å². The molecule has 5 rings (SSSR count). The normalized spacial score (nSPS) is 11.4. The van der Waals surface area contributed by atoms with Crippen molar-refractivity contribution in [3.63, 3.8) is 0 Å². The molecule has 5 aromatic rings. The molecule has 0 saturated carbocycles. The summed E-state index contributed by atoms with van der Waals surface area (Å²) in [4.78, 5) is 2.29. The number of fused-ring (bicyclic) bond motifs is 3. The van der Waals surface area contributed by atoms with Crippen LogP contribution in [-0.4, -0.2) is 0 Å². The second-order valence-corrected chi connectivity index (χ2v) is 7.70. The highest BCUT2D eigenvalue weighted by Gasteiger charge is 2.15.